The second kappa shape index (κ2) is 7.68. The molecule has 156 valence electrons. The van der Waals surface area contributed by atoms with E-state index in [-0.39, 0.29) is 12.1 Å². The standard InChI is InChI=1S/C22H19BrN6O2/c1-11-14-9-26-29-16(14)8-17-20(11)28-21(27-17)19-15(5-6-24-22(19)31)25-10-18(30)12-3-2-4-13(23)7-12/h2-9,18,26,29-30H,10H2,1H3,(H2,24,25,31)/t18-/m0/s1. The molecule has 0 unspecified atom stereocenters. The number of hydrogen-bond acceptors (Lipinski definition) is 5. The van der Waals surface area contributed by atoms with E-state index < -0.39 is 6.10 Å². The van der Waals surface area contributed by atoms with Crippen molar-refractivity contribution in [2.24, 2.45) is 0 Å². The molecule has 5 N–H and O–H groups in total. The summed E-state index contributed by atoms with van der Waals surface area (Å²) in [4.78, 5) is 24.7. The Morgan fingerprint density at radius 3 is 2.94 bits per heavy atom. The van der Waals surface area contributed by atoms with Crippen LogP contribution in [0.3, 0.4) is 0 Å². The first kappa shape index (κ1) is 19.5. The van der Waals surface area contributed by atoms with E-state index in [1.165, 1.54) is 0 Å². The highest BCUT2D eigenvalue weighted by Gasteiger charge is 2.18. The number of fused-ring (bicyclic) bond motifs is 2. The molecule has 0 spiro atoms. The SMILES string of the molecule is Cc1c2c[nH][nH]c2cc2nc(-c3c(NC[C@H](O)c4cccc(Br)c4)cc[nH]c3=O)nc12. The van der Waals surface area contributed by atoms with Gasteiger partial charge in [0.05, 0.1) is 28.3 Å². The topological polar surface area (TPSA) is 122 Å². The lowest BCUT2D eigenvalue weighted by molar-refractivity contribution is 0.191. The number of nitrogens with one attached hydrogen (secondary N) is 4. The Balaban J connectivity index is 1.51. The van der Waals surface area contributed by atoms with Crippen molar-refractivity contribution in [3.63, 3.8) is 0 Å². The third-order valence-corrected chi connectivity index (χ3v) is 5.84. The molecule has 0 bridgehead atoms. The van der Waals surface area contributed by atoms with Gasteiger partial charge in [0.1, 0.15) is 5.56 Å². The molecule has 0 aliphatic rings. The van der Waals surface area contributed by atoms with Crippen molar-refractivity contribution in [3.8, 4) is 11.4 Å². The molecule has 0 aliphatic heterocycles. The van der Waals surface area contributed by atoms with Gasteiger partial charge in [-0.1, -0.05) is 28.1 Å². The maximum atomic E-state index is 12.7. The number of aliphatic hydroxyl groups excluding tert-OH is 1. The number of aryl methyl sites for hydroxylation is 1. The molecule has 0 fully saturated rings. The molecule has 0 amide bonds. The number of H-pyrrole nitrogens is 3. The van der Waals surface area contributed by atoms with Gasteiger partial charge in [-0.2, -0.15) is 0 Å². The van der Waals surface area contributed by atoms with Gasteiger partial charge in [-0.25, -0.2) is 9.97 Å². The molecule has 2 aromatic carbocycles. The Hall–Kier alpha value is -3.43. The normalized spacial score (nSPS) is 12.5. The van der Waals surface area contributed by atoms with Gasteiger partial charge in [-0.3, -0.25) is 4.79 Å². The molecule has 0 aliphatic carbocycles. The molecule has 0 saturated heterocycles. The van der Waals surface area contributed by atoms with E-state index in [2.05, 4.69) is 46.4 Å². The van der Waals surface area contributed by atoms with Gasteiger partial charge in [-0.15, -0.1) is 0 Å². The summed E-state index contributed by atoms with van der Waals surface area (Å²) >= 11 is 3.42. The number of aromatic amines is 3. The van der Waals surface area contributed by atoms with E-state index in [9.17, 15) is 9.90 Å². The van der Waals surface area contributed by atoms with Crippen LogP contribution >= 0.6 is 15.9 Å². The lowest BCUT2D eigenvalue weighted by atomic mass is 10.1. The minimum absolute atomic E-state index is 0.227. The van der Waals surface area contributed by atoms with Gasteiger partial charge in [0.15, 0.2) is 5.82 Å². The molecule has 9 heteroatoms. The first-order valence-electron chi connectivity index (χ1n) is 9.73. The Morgan fingerprint density at radius 2 is 2.10 bits per heavy atom. The van der Waals surface area contributed by atoms with Crippen LogP contribution in [0.4, 0.5) is 5.69 Å². The van der Waals surface area contributed by atoms with Crippen LogP contribution in [0.1, 0.15) is 17.2 Å². The number of pyridine rings is 1. The summed E-state index contributed by atoms with van der Waals surface area (Å²) in [5.41, 5.74) is 4.74. The summed E-state index contributed by atoms with van der Waals surface area (Å²) in [6.07, 6.45) is 2.69. The number of imidazole rings is 1. The van der Waals surface area contributed by atoms with E-state index in [4.69, 9.17) is 0 Å². The first-order chi connectivity index (χ1) is 15.0. The fourth-order valence-corrected chi connectivity index (χ4v) is 4.17. The van der Waals surface area contributed by atoms with Crippen LogP contribution in [0, 0.1) is 6.92 Å². The zero-order valence-electron chi connectivity index (χ0n) is 16.5. The maximum absolute atomic E-state index is 12.7. The summed E-state index contributed by atoms with van der Waals surface area (Å²) in [6.45, 7) is 2.21. The zero-order chi connectivity index (χ0) is 21.5. The minimum atomic E-state index is -0.747. The van der Waals surface area contributed by atoms with Gasteiger partial charge in [-0.05, 0) is 42.3 Å². The zero-order valence-corrected chi connectivity index (χ0v) is 18.1. The maximum Gasteiger partial charge on any atom is 0.261 e. The summed E-state index contributed by atoms with van der Waals surface area (Å²) in [6, 6.07) is 11.1. The van der Waals surface area contributed by atoms with Gasteiger partial charge < -0.3 is 25.6 Å². The molecule has 0 saturated carbocycles. The fourth-order valence-electron chi connectivity index (χ4n) is 3.75. The average molecular weight is 479 g/mol. The van der Waals surface area contributed by atoms with Crippen LogP contribution in [0.25, 0.3) is 33.3 Å². The number of hydrogen-bond donors (Lipinski definition) is 5. The number of aromatic nitrogens is 5. The smallest absolute Gasteiger partial charge is 0.261 e. The quantitative estimate of drug-likeness (QED) is 0.261. The highest BCUT2D eigenvalue weighted by Crippen LogP contribution is 2.29. The molecule has 1 atom stereocenters. The molecular weight excluding hydrogens is 460 g/mol. The molecule has 3 aromatic heterocycles. The number of rotatable bonds is 5. The van der Waals surface area contributed by atoms with Crippen molar-refractivity contribution in [1.29, 1.82) is 0 Å². The largest absolute Gasteiger partial charge is 0.387 e. The molecular formula is C22H19BrN6O2. The number of benzene rings is 2. The Kier molecular flexibility index (Phi) is 4.84. The molecule has 5 aromatic rings. The Labute approximate surface area is 184 Å². The highest BCUT2D eigenvalue weighted by molar-refractivity contribution is 9.10. The van der Waals surface area contributed by atoms with Crippen LogP contribution in [0.5, 0.6) is 0 Å². The van der Waals surface area contributed by atoms with Crippen LogP contribution in [0.15, 0.2) is 58.1 Å². The summed E-state index contributed by atoms with van der Waals surface area (Å²) in [7, 11) is 0. The van der Waals surface area contributed by atoms with E-state index in [1.807, 2.05) is 43.5 Å². The second-order valence-electron chi connectivity index (χ2n) is 7.34. The predicted molar refractivity (Wildman–Crippen MR) is 124 cm³/mol. The van der Waals surface area contributed by atoms with Gasteiger partial charge >= 0.3 is 0 Å². The number of halogens is 1. The molecule has 5 rings (SSSR count). The fraction of sp³-hybridized carbons (Fsp3) is 0.136. The lowest BCUT2D eigenvalue weighted by Gasteiger charge is -2.15. The third kappa shape index (κ3) is 3.51. The third-order valence-electron chi connectivity index (χ3n) is 5.34. The van der Waals surface area contributed by atoms with Crippen molar-refractivity contribution >= 4 is 43.6 Å². The average Bonchev–Trinajstić information content (AvgIpc) is 3.39. The first-order valence-corrected chi connectivity index (χ1v) is 10.5. The molecule has 31 heavy (non-hydrogen) atoms. The second-order valence-corrected chi connectivity index (χ2v) is 8.25. The predicted octanol–water partition coefficient (Wildman–Crippen LogP) is 4.01. The van der Waals surface area contributed by atoms with Crippen LogP contribution in [-0.4, -0.2) is 36.8 Å². The van der Waals surface area contributed by atoms with E-state index >= 15 is 0 Å². The number of nitrogens with zero attached hydrogens (tertiary/aromatic N) is 2. The number of anilines is 1. The van der Waals surface area contributed by atoms with Crippen LogP contribution < -0.4 is 10.9 Å². The van der Waals surface area contributed by atoms with Gasteiger partial charge in [0, 0.05) is 28.8 Å². The van der Waals surface area contributed by atoms with E-state index in [0.29, 0.717) is 22.6 Å². The van der Waals surface area contributed by atoms with Crippen molar-refractivity contribution in [1.82, 2.24) is 25.1 Å². The van der Waals surface area contributed by atoms with Gasteiger partial charge in [0.25, 0.3) is 5.56 Å². The van der Waals surface area contributed by atoms with E-state index in [1.54, 1.807) is 12.3 Å². The summed E-state index contributed by atoms with van der Waals surface area (Å²) < 4.78 is 0.891. The van der Waals surface area contributed by atoms with E-state index in [0.717, 1.165) is 32.0 Å². The number of aliphatic hydroxyl groups is 1. The Bertz CT molecular complexity index is 1470. The van der Waals surface area contributed by atoms with Crippen molar-refractivity contribution in [2.45, 2.75) is 13.0 Å². The molecule has 8 nitrogen and oxygen atoms in total. The van der Waals surface area contributed by atoms with Gasteiger partial charge in [0.2, 0.25) is 0 Å². The van der Waals surface area contributed by atoms with Crippen molar-refractivity contribution < 1.29 is 5.11 Å². The molecule has 3 heterocycles. The van der Waals surface area contributed by atoms with Crippen LogP contribution in [-0.2, 0) is 0 Å². The monoisotopic (exact) mass is 478 g/mol. The van der Waals surface area contributed by atoms with Crippen molar-refractivity contribution in [2.75, 3.05) is 11.9 Å². The molecule has 0 radical (unpaired) electrons. The van der Waals surface area contributed by atoms with Crippen molar-refractivity contribution in [3.05, 3.63) is 74.7 Å². The summed E-state index contributed by atoms with van der Waals surface area (Å²) in [5.74, 6) is 0.344. The Morgan fingerprint density at radius 1 is 1.23 bits per heavy atom. The minimum Gasteiger partial charge on any atom is -0.387 e. The highest BCUT2D eigenvalue weighted by atomic mass is 79.9. The summed E-state index contributed by atoms with van der Waals surface area (Å²) in [5, 5.41) is 20.8. The van der Waals surface area contributed by atoms with Crippen LogP contribution in [0.2, 0.25) is 0 Å². The lowest BCUT2D eigenvalue weighted by Crippen LogP contribution is -2.17.